The molecule has 7 nitrogen and oxygen atoms in total. The van der Waals surface area contributed by atoms with E-state index in [1.54, 1.807) is 38.3 Å². The Morgan fingerprint density at radius 2 is 2.33 bits per heavy atom. The number of ether oxygens (including phenoxy) is 2. The van der Waals surface area contributed by atoms with Gasteiger partial charge in [-0.2, -0.15) is 5.26 Å². The summed E-state index contributed by atoms with van der Waals surface area (Å²) >= 11 is 0. The first kappa shape index (κ1) is 18.7. The van der Waals surface area contributed by atoms with Crippen LogP contribution in [0.15, 0.2) is 34.1 Å². The molecular formula is C20H21N3O4. The molecule has 0 radical (unpaired) electrons. The summed E-state index contributed by atoms with van der Waals surface area (Å²) in [5.74, 6) is 0.449. The van der Waals surface area contributed by atoms with Crippen LogP contribution in [0.25, 0.3) is 0 Å². The van der Waals surface area contributed by atoms with Crippen LogP contribution in [-0.4, -0.2) is 35.7 Å². The van der Waals surface area contributed by atoms with Crippen molar-refractivity contribution in [2.24, 2.45) is 4.99 Å². The number of aromatic nitrogens is 1. The van der Waals surface area contributed by atoms with E-state index < -0.39 is 5.56 Å². The molecule has 1 fully saturated rings. The van der Waals surface area contributed by atoms with Gasteiger partial charge in [-0.25, -0.2) is 0 Å². The smallest absolute Gasteiger partial charge is 0.271 e. The number of nitrogens with zero attached hydrogens (tertiary/aromatic N) is 3. The highest BCUT2D eigenvalue weighted by Crippen LogP contribution is 2.24. The highest BCUT2D eigenvalue weighted by molar-refractivity contribution is 5.87. The van der Waals surface area contributed by atoms with Gasteiger partial charge in [0.1, 0.15) is 17.4 Å². The van der Waals surface area contributed by atoms with Gasteiger partial charge >= 0.3 is 0 Å². The number of nitriles is 1. The minimum Gasteiger partial charge on any atom is -0.497 e. The summed E-state index contributed by atoms with van der Waals surface area (Å²) in [4.78, 5) is 17.0. The topological polar surface area (TPSA) is 96.8 Å². The van der Waals surface area contributed by atoms with Crippen LogP contribution >= 0.6 is 0 Å². The third-order valence-corrected chi connectivity index (χ3v) is 4.65. The molecule has 1 atom stereocenters. The van der Waals surface area contributed by atoms with Crippen molar-refractivity contribution in [3.8, 4) is 17.7 Å². The quantitative estimate of drug-likeness (QED) is 0.820. The van der Waals surface area contributed by atoms with E-state index in [-0.39, 0.29) is 24.1 Å². The van der Waals surface area contributed by atoms with Gasteiger partial charge in [0.2, 0.25) is 5.88 Å². The van der Waals surface area contributed by atoms with Crippen LogP contribution in [-0.2, 0) is 11.3 Å². The van der Waals surface area contributed by atoms with Crippen molar-refractivity contribution in [1.82, 2.24) is 4.57 Å². The van der Waals surface area contributed by atoms with E-state index in [2.05, 4.69) is 4.99 Å². The molecule has 7 heteroatoms. The summed E-state index contributed by atoms with van der Waals surface area (Å²) in [5.41, 5.74) is 0.852. The van der Waals surface area contributed by atoms with E-state index in [1.807, 2.05) is 6.07 Å². The second-order valence-electron chi connectivity index (χ2n) is 6.36. The number of benzene rings is 1. The number of pyridine rings is 1. The fraction of sp³-hybridized carbons (Fsp3) is 0.350. The van der Waals surface area contributed by atoms with Crippen molar-refractivity contribution < 1.29 is 14.6 Å². The van der Waals surface area contributed by atoms with Gasteiger partial charge in [0.25, 0.3) is 5.56 Å². The summed E-state index contributed by atoms with van der Waals surface area (Å²) in [6.45, 7) is 2.48. The van der Waals surface area contributed by atoms with Crippen LogP contribution in [0.2, 0.25) is 0 Å². The average Bonchev–Trinajstić information content (AvgIpc) is 3.19. The maximum atomic E-state index is 12.6. The van der Waals surface area contributed by atoms with Gasteiger partial charge < -0.3 is 14.6 Å². The molecule has 0 aliphatic carbocycles. The van der Waals surface area contributed by atoms with Crippen molar-refractivity contribution >= 4 is 11.9 Å². The van der Waals surface area contributed by atoms with Crippen molar-refractivity contribution in [1.29, 1.82) is 5.26 Å². The normalized spacial score (nSPS) is 16.6. The number of methoxy groups -OCH3 is 1. The number of hydrogen-bond donors (Lipinski definition) is 1. The predicted molar refractivity (Wildman–Crippen MR) is 101 cm³/mol. The number of aliphatic imine (C=N–C) groups is 1. The highest BCUT2D eigenvalue weighted by Gasteiger charge is 2.22. The SMILES string of the molecule is COc1cccc(N=Cc2c(C)c(C#N)c(=O)n(CC3CCCO3)c2O)c1. The van der Waals surface area contributed by atoms with Gasteiger partial charge in [-0.1, -0.05) is 6.07 Å². The number of aromatic hydroxyl groups is 1. The van der Waals surface area contributed by atoms with E-state index in [0.29, 0.717) is 29.2 Å². The lowest BCUT2D eigenvalue weighted by molar-refractivity contribution is 0.0938. The first-order valence-electron chi connectivity index (χ1n) is 8.71. The molecule has 0 saturated carbocycles. The second-order valence-corrected chi connectivity index (χ2v) is 6.36. The highest BCUT2D eigenvalue weighted by atomic mass is 16.5. The van der Waals surface area contributed by atoms with Crippen LogP contribution < -0.4 is 10.3 Å². The summed E-state index contributed by atoms with van der Waals surface area (Å²) < 4.78 is 11.9. The molecule has 1 N–H and O–H groups in total. The zero-order valence-corrected chi connectivity index (χ0v) is 15.3. The average molecular weight is 367 g/mol. The summed E-state index contributed by atoms with van der Waals surface area (Å²) in [7, 11) is 1.57. The molecule has 0 spiro atoms. The maximum absolute atomic E-state index is 12.6. The van der Waals surface area contributed by atoms with Gasteiger partial charge in [-0.05, 0) is 37.5 Å². The Kier molecular flexibility index (Phi) is 5.57. The van der Waals surface area contributed by atoms with Crippen LogP contribution in [0.3, 0.4) is 0 Å². The van der Waals surface area contributed by atoms with Crippen molar-refractivity contribution in [3.05, 3.63) is 51.3 Å². The number of rotatable bonds is 5. The molecule has 140 valence electrons. The summed E-state index contributed by atoms with van der Waals surface area (Å²) in [5, 5.41) is 20.1. The third kappa shape index (κ3) is 3.86. The fourth-order valence-electron chi connectivity index (χ4n) is 3.12. The van der Waals surface area contributed by atoms with Crippen molar-refractivity contribution in [2.45, 2.75) is 32.4 Å². The lowest BCUT2D eigenvalue weighted by Crippen LogP contribution is -2.29. The standard InChI is InChI=1S/C20H21N3O4/c1-13-17(10-21)19(24)23(12-16-7-4-8-27-16)20(25)18(13)11-22-14-5-3-6-15(9-14)26-2/h3,5-6,9,11,16,25H,4,7-8,12H2,1-2H3. The molecule has 1 aliphatic heterocycles. The zero-order valence-electron chi connectivity index (χ0n) is 15.3. The van der Waals surface area contributed by atoms with Gasteiger partial charge in [0.05, 0.1) is 31.0 Å². The Morgan fingerprint density at radius 1 is 1.52 bits per heavy atom. The van der Waals surface area contributed by atoms with Gasteiger partial charge in [-0.3, -0.25) is 14.4 Å². The Morgan fingerprint density at radius 3 is 3.00 bits per heavy atom. The predicted octanol–water partition coefficient (Wildman–Crippen LogP) is 2.67. The summed E-state index contributed by atoms with van der Waals surface area (Å²) in [6, 6.07) is 9.09. The lowest BCUT2D eigenvalue weighted by Gasteiger charge is -2.17. The molecule has 0 bridgehead atoms. The fourth-order valence-corrected chi connectivity index (χ4v) is 3.12. The zero-order chi connectivity index (χ0) is 19.4. The molecule has 1 aromatic carbocycles. The molecule has 1 unspecified atom stereocenters. The van der Waals surface area contributed by atoms with Crippen LogP contribution in [0, 0.1) is 18.3 Å². The second kappa shape index (κ2) is 8.06. The maximum Gasteiger partial charge on any atom is 0.271 e. The molecule has 2 heterocycles. The molecule has 1 saturated heterocycles. The monoisotopic (exact) mass is 367 g/mol. The van der Waals surface area contributed by atoms with Crippen LogP contribution in [0.5, 0.6) is 11.6 Å². The molecule has 3 rings (SSSR count). The van der Waals surface area contributed by atoms with E-state index in [9.17, 15) is 15.2 Å². The third-order valence-electron chi connectivity index (χ3n) is 4.65. The van der Waals surface area contributed by atoms with Gasteiger partial charge in [0, 0.05) is 18.9 Å². The molecule has 1 aromatic heterocycles. The molecule has 0 amide bonds. The van der Waals surface area contributed by atoms with Gasteiger partial charge in [0.15, 0.2) is 0 Å². The Hall–Kier alpha value is -3.11. The van der Waals surface area contributed by atoms with Crippen LogP contribution in [0.4, 0.5) is 5.69 Å². The van der Waals surface area contributed by atoms with Crippen LogP contribution in [0.1, 0.15) is 29.5 Å². The molecule has 1 aliphatic rings. The Bertz CT molecular complexity index is 966. The molecule has 27 heavy (non-hydrogen) atoms. The Balaban J connectivity index is 2.04. The minimum atomic E-state index is -0.512. The lowest BCUT2D eigenvalue weighted by atomic mass is 10.1. The summed E-state index contributed by atoms with van der Waals surface area (Å²) in [6.07, 6.45) is 3.05. The molecular weight excluding hydrogens is 346 g/mol. The first-order chi connectivity index (χ1) is 13.0. The first-order valence-corrected chi connectivity index (χ1v) is 8.71. The van der Waals surface area contributed by atoms with Crippen molar-refractivity contribution in [2.75, 3.05) is 13.7 Å². The van der Waals surface area contributed by atoms with E-state index in [1.165, 1.54) is 10.8 Å². The van der Waals surface area contributed by atoms with E-state index in [0.717, 1.165) is 12.8 Å². The Labute approximate surface area is 157 Å². The number of hydrogen-bond acceptors (Lipinski definition) is 6. The minimum absolute atomic E-state index is 0.00195. The van der Waals surface area contributed by atoms with Gasteiger partial charge in [-0.15, -0.1) is 0 Å². The largest absolute Gasteiger partial charge is 0.497 e. The van der Waals surface area contributed by atoms with E-state index >= 15 is 0 Å². The van der Waals surface area contributed by atoms with E-state index in [4.69, 9.17) is 9.47 Å². The van der Waals surface area contributed by atoms with Crippen molar-refractivity contribution in [3.63, 3.8) is 0 Å². The molecule has 2 aromatic rings.